The fraction of sp³-hybridized carbons (Fsp3) is 0.385. The molecule has 0 spiro atoms. The summed E-state index contributed by atoms with van der Waals surface area (Å²) in [7, 11) is -3.01. The molecule has 3 rings (SSSR count). The van der Waals surface area contributed by atoms with Crippen LogP contribution >= 0.6 is 0 Å². The number of hydrogen-bond donors (Lipinski definition) is 2. The first-order valence-electron chi connectivity index (χ1n) is 7.08. The molecule has 0 saturated carbocycles. The van der Waals surface area contributed by atoms with E-state index < -0.39 is 15.9 Å². The van der Waals surface area contributed by atoms with E-state index in [9.17, 15) is 13.2 Å². The molecular weight excluding hydrogens is 320 g/mol. The summed E-state index contributed by atoms with van der Waals surface area (Å²) >= 11 is 0. The van der Waals surface area contributed by atoms with E-state index in [1.54, 1.807) is 35.4 Å². The van der Waals surface area contributed by atoms with Gasteiger partial charge in [0.15, 0.2) is 9.84 Å². The van der Waals surface area contributed by atoms with Gasteiger partial charge in [0, 0.05) is 18.4 Å². The van der Waals surface area contributed by atoms with E-state index in [0.717, 1.165) is 5.69 Å². The summed E-state index contributed by atoms with van der Waals surface area (Å²) in [6.45, 7) is 0.205. The van der Waals surface area contributed by atoms with Gasteiger partial charge in [-0.3, -0.25) is 4.98 Å². The number of pyridine rings is 1. The maximum atomic E-state index is 11.8. The molecule has 9 nitrogen and oxygen atoms in total. The molecule has 23 heavy (non-hydrogen) atoms. The van der Waals surface area contributed by atoms with Crippen molar-refractivity contribution in [2.24, 2.45) is 0 Å². The number of nitrogens with zero attached hydrogens (tertiary/aromatic N) is 4. The molecule has 0 aliphatic carbocycles. The Morgan fingerprint density at radius 1 is 1.35 bits per heavy atom. The summed E-state index contributed by atoms with van der Waals surface area (Å²) in [5.41, 5.74) is 1.41. The van der Waals surface area contributed by atoms with Gasteiger partial charge in [0.1, 0.15) is 5.69 Å². The molecule has 1 aliphatic heterocycles. The van der Waals surface area contributed by atoms with Gasteiger partial charge < -0.3 is 10.6 Å². The number of amides is 2. The number of nitrogens with one attached hydrogen (secondary N) is 2. The molecule has 122 valence electrons. The number of hydrogen-bond acceptors (Lipinski definition) is 6. The Hall–Kier alpha value is -2.49. The Labute approximate surface area is 133 Å². The summed E-state index contributed by atoms with van der Waals surface area (Å²) < 4.78 is 24.3. The van der Waals surface area contributed by atoms with Crippen molar-refractivity contribution in [2.75, 3.05) is 11.5 Å². The van der Waals surface area contributed by atoms with Crippen LogP contribution in [0, 0.1) is 0 Å². The molecule has 1 fully saturated rings. The molecule has 3 heterocycles. The first-order chi connectivity index (χ1) is 11.0. The highest BCUT2D eigenvalue weighted by atomic mass is 32.2. The fourth-order valence-electron chi connectivity index (χ4n) is 2.32. The largest absolute Gasteiger partial charge is 0.334 e. The van der Waals surface area contributed by atoms with Gasteiger partial charge in [-0.2, -0.15) is 0 Å². The summed E-state index contributed by atoms with van der Waals surface area (Å²) in [5.74, 6) is 0.122. The van der Waals surface area contributed by atoms with Crippen LogP contribution in [0.2, 0.25) is 0 Å². The zero-order valence-electron chi connectivity index (χ0n) is 12.2. The van der Waals surface area contributed by atoms with Crippen LogP contribution in [0.1, 0.15) is 12.1 Å². The molecule has 1 saturated heterocycles. The highest BCUT2D eigenvalue weighted by Crippen LogP contribution is 2.11. The summed E-state index contributed by atoms with van der Waals surface area (Å²) in [4.78, 5) is 15.7. The molecule has 10 heteroatoms. The molecule has 0 bridgehead atoms. The predicted octanol–water partition coefficient (Wildman–Crippen LogP) is -0.351. The zero-order chi connectivity index (χ0) is 16.3. The molecule has 2 aromatic heterocycles. The topological polar surface area (TPSA) is 119 Å². The number of sulfone groups is 1. The molecule has 1 aliphatic rings. The first-order valence-corrected chi connectivity index (χ1v) is 8.90. The van der Waals surface area contributed by atoms with Crippen molar-refractivity contribution in [3.63, 3.8) is 0 Å². The summed E-state index contributed by atoms with van der Waals surface area (Å²) in [6.07, 6.45) is 5.46. The summed E-state index contributed by atoms with van der Waals surface area (Å²) in [6, 6.07) is 2.84. The number of rotatable bonds is 4. The second-order valence-corrected chi connectivity index (χ2v) is 7.52. The van der Waals surface area contributed by atoms with Crippen LogP contribution in [0.25, 0.3) is 5.69 Å². The van der Waals surface area contributed by atoms with Crippen molar-refractivity contribution in [3.8, 4) is 5.69 Å². The van der Waals surface area contributed by atoms with E-state index in [1.165, 1.54) is 0 Å². The van der Waals surface area contributed by atoms with Crippen molar-refractivity contribution >= 4 is 15.9 Å². The number of aromatic nitrogens is 4. The van der Waals surface area contributed by atoms with Crippen LogP contribution in [-0.4, -0.2) is 52.0 Å². The predicted molar refractivity (Wildman–Crippen MR) is 81.6 cm³/mol. The number of carbonyl (C=O) groups is 1. The van der Waals surface area contributed by atoms with E-state index >= 15 is 0 Å². The molecule has 1 atom stereocenters. The van der Waals surface area contributed by atoms with E-state index in [0.29, 0.717) is 12.1 Å². The Kier molecular flexibility index (Phi) is 4.24. The third-order valence-corrected chi connectivity index (χ3v) is 5.23. The smallest absolute Gasteiger partial charge is 0.315 e. The van der Waals surface area contributed by atoms with Crippen LogP contribution in [0.4, 0.5) is 4.79 Å². The van der Waals surface area contributed by atoms with Crippen LogP contribution in [0.3, 0.4) is 0 Å². The standard InChI is InChI=1S/C13H16N6O3S/c20-13(16-10-3-6-23(21,22)9-10)15-7-11-8-19(18-17-11)12-1-4-14-5-2-12/h1-2,4-5,8,10H,3,6-7,9H2,(H2,15,16,20). The van der Waals surface area contributed by atoms with Crippen molar-refractivity contribution in [1.82, 2.24) is 30.6 Å². The van der Waals surface area contributed by atoms with Gasteiger partial charge in [0.2, 0.25) is 0 Å². The average Bonchev–Trinajstić information content (AvgIpc) is 3.13. The maximum Gasteiger partial charge on any atom is 0.315 e. The van der Waals surface area contributed by atoms with Gasteiger partial charge in [-0.25, -0.2) is 17.9 Å². The van der Waals surface area contributed by atoms with Gasteiger partial charge >= 0.3 is 6.03 Å². The average molecular weight is 336 g/mol. The van der Waals surface area contributed by atoms with E-state index in [-0.39, 0.29) is 24.1 Å². The lowest BCUT2D eigenvalue weighted by atomic mass is 10.3. The minimum Gasteiger partial charge on any atom is -0.334 e. The minimum absolute atomic E-state index is 0.00134. The highest BCUT2D eigenvalue weighted by Gasteiger charge is 2.28. The third kappa shape index (κ3) is 4.03. The van der Waals surface area contributed by atoms with Crippen LogP contribution in [-0.2, 0) is 16.4 Å². The second kappa shape index (κ2) is 6.32. The van der Waals surface area contributed by atoms with Crippen LogP contribution < -0.4 is 10.6 Å². The van der Waals surface area contributed by atoms with Gasteiger partial charge in [-0.1, -0.05) is 5.21 Å². The Balaban J connectivity index is 1.51. The summed E-state index contributed by atoms with van der Waals surface area (Å²) in [5, 5.41) is 13.2. The van der Waals surface area contributed by atoms with Crippen molar-refractivity contribution in [1.29, 1.82) is 0 Å². The molecule has 2 N–H and O–H groups in total. The third-order valence-electron chi connectivity index (χ3n) is 3.47. The molecule has 0 radical (unpaired) electrons. The normalized spacial score (nSPS) is 19.4. The molecule has 0 aromatic carbocycles. The maximum absolute atomic E-state index is 11.8. The van der Waals surface area contributed by atoms with Crippen molar-refractivity contribution in [2.45, 2.75) is 19.0 Å². The monoisotopic (exact) mass is 336 g/mol. The van der Waals surface area contributed by atoms with E-state index in [4.69, 9.17) is 0 Å². The van der Waals surface area contributed by atoms with Crippen LogP contribution in [0.15, 0.2) is 30.7 Å². The lowest BCUT2D eigenvalue weighted by Gasteiger charge is -2.11. The van der Waals surface area contributed by atoms with Gasteiger partial charge in [-0.05, 0) is 18.6 Å². The van der Waals surface area contributed by atoms with E-state index in [2.05, 4.69) is 25.9 Å². The van der Waals surface area contributed by atoms with Crippen molar-refractivity contribution < 1.29 is 13.2 Å². The van der Waals surface area contributed by atoms with Gasteiger partial charge in [-0.15, -0.1) is 5.10 Å². The molecule has 2 aromatic rings. The van der Waals surface area contributed by atoms with Gasteiger partial charge in [0.25, 0.3) is 0 Å². The number of carbonyl (C=O) groups excluding carboxylic acids is 1. The van der Waals surface area contributed by atoms with Crippen molar-refractivity contribution in [3.05, 3.63) is 36.4 Å². The van der Waals surface area contributed by atoms with Gasteiger partial charge in [0.05, 0.1) is 29.9 Å². The Morgan fingerprint density at radius 3 is 2.83 bits per heavy atom. The SMILES string of the molecule is O=C(NCc1cn(-c2ccncc2)nn1)NC1CCS(=O)(=O)C1. The molecule has 1 unspecified atom stereocenters. The quantitative estimate of drug-likeness (QED) is 0.787. The fourth-order valence-corrected chi connectivity index (χ4v) is 3.99. The Morgan fingerprint density at radius 2 is 2.13 bits per heavy atom. The lowest BCUT2D eigenvalue weighted by Crippen LogP contribution is -2.42. The van der Waals surface area contributed by atoms with Crippen LogP contribution in [0.5, 0.6) is 0 Å². The molecular formula is C13H16N6O3S. The molecule has 2 amide bonds. The number of urea groups is 1. The first kappa shape index (κ1) is 15.4. The highest BCUT2D eigenvalue weighted by molar-refractivity contribution is 7.91. The Bertz CT molecular complexity index is 789. The minimum atomic E-state index is -3.01. The lowest BCUT2D eigenvalue weighted by molar-refractivity contribution is 0.237. The second-order valence-electron chi connectivity index (χ2n) is 5.29. The zero-order valence-corrected chi connectivity index (χ0v) is 13.0. The van der Waals surface area contributed by atoms with E-state index in [1.807, 2.05) is 0 Å².